The van der Waals surface area contributed by atoms with Crippen molar-refractivity contribution < 1.29 is 44.9 Å². The predicted octanol–water partition coefficient (Wildman–Crippen LogP) is 8.48. The Labute approximate surface area is 222 Å². The first kappa shape index (κ1) is 28.2. The van der Waals surface area contributed by atoms with Crippen LogP contribution < -0.4 is 4.74 Å². The average Bonchev–Trinajstić information content (AvgIpc) is 2.88. The van der Waals surface area contributed by atoms with Crippen molar-refractivity contribution in [2.24, 2.45) is 23.7 Å². The van der Waals surface area contributed by atoms with Gasteiger partial charge >= 0.3 is 6.11 Å². The molecule has 0 radical (unpaired) electrons. The smallest absolute Gasteiger partial charge is 0.428 e. The maximum atomic E-state index is 14.8. The molecule has 1 heterocycles. The molecule has 0 amide bonds. The lowest BCUT2D eigenvalue weighted by atomic mass is 9.70. The molecule has 2 aromatic rings. The van der Waals surface area contributed by atoms with Crippen LogP contribution in [0.15, 0.2) is 18.2 Å². The van der Waals surface area contributed by atoms with Gasteiger partial charge in [-0.15, -0.1) is 0 Å². The highest BCUT2D eigenvalue weighted by molar-refractivity contribution is 5.37. The van der Waals surface area contributed by atoms with Crippen molar-refractivity contribution in [3.05, 3.63) is 64.0 Å². The number of halogens is 7. The van der Waals surface area contributed by atoms with Crippen LogP contribution in [0.4, 0.5) is 30.7 Å². The van der Waals surface area contributed by atoms with E-state index in [4.69, 9.17) is 9.47 Å². The molecular weight excluding hydrogens is 529 g/mol. The Morgan fingerprint density at radius 2 is 1.36 bits per heavy atom. The molecular formula is C29H31F7O3. The van der Waals surface area contributed by atoms with Gasteiger partial charge in [-0.2, -0.15) is 8.78 Å². The summed E-state index contributed by atoms with van der Waals surface area (Å²) in [4.78, 5) is 0. The van der Waals surface area contributed by atoms with E-state index in [0.717, 1.165) is 31.6 Å². The Hall–Kier alpha value is -2.33. The topological polar surface area (TPSA) is 27.7 Å². The molecule has 0 bridgehead atoms. The van der Waals surface area contributed by atoms with E-state index in [-0.39, 0.29) is 17.5 Å². The average molecular weight is 561 g/mol. The van der Waals surface area contributed by atoms with Gasteiger partial charge in [0, 0.05) is 23.1 Å². The maximum Gasteiger partial charge on any atom is 0.432 e. The quantitative estimate of drug-likeness (QED) is 0.251. The largest absolute Gasteiger partial charge is 0.432 e. The molecule has 3 nitrogen and oxygen atoms in total. The number of ether oxygens (including phenoxy) is 3. The summed E-state index contributed by atoms with van der Waals surface area (Å²) in [5, 5.41) is 0. The lowest BCUT2D eigenvalue weighted by molar-refractivity contribution is -0.215. The molecule has 0 aromatic heterocycles. The molecule has 2 aliphatic carbocycles. The molecule has 214 valence electrons. The van der Waals surface area contributed by atoms with E-state index in [9.17, 15) is 30.7 Å². The van der Waals surface area contributed by atoms with Crippen molar-refractivity contribution in [2.75, 3.05) is 13.2 Å². The van der Waals surface area contributed by atoms with Gasteiger partial charge in [-0.3, -0.25) is 0 Å². The minimum absolute atomic E-state index is 0.123. The minimum Gasteiger partial charge on any atom is -0.428 e. The molecule has 1 aliphatic heterocycles. The van der Waals surface area contributed by atoms with Crippen LogP contribution in [0.1, 0.15) is 74.3 Å². The zero-order valence-electron chi connectivity index (χ0n) is 21.6. The zero-order chi connectivity index (χ0) is 27.9. The minimum atomic E-state index is -4.66. The number of benzene rings is 2. The van der Waals surface area contributed by atoms with Crippen molar-refractivity contribution in [3.8, 4) is 5.75 Å². The summed E-state index contributed by atoms with van der Waals surface area (Å²) in [6.45, 7) is 1.52. The van der Waals surface area contributed by atoms with Gasteiger partial charge in [0.25, 0.3) is 0 Å². The zero-order valence-corrected chi connectivity index (χ0v) is 21.6. The number of alkyl halides is 2. The Morgan fingerprint density at radius 3 is 1.92 bits per heavy atom. The van der Waals surface area contributed by atoms with E-state index < -0.39 is 58.4 Å². The third-order valence-electron chi connectivity index (χ3n) is 8.60. The van der Waals surface area contributed by atoms with Crippen LogP contribution in [0.3, 0.4) is 0 Å². The first-order valence-corrected chi connectivity index (χ1v) is 13.5. The molecule has 10 heteroatoms. The third kappa shape index (κ3) is 5.92. The molecule has 1 saturated heterocycles. The second kappa shape index (κ2) is 11.3. The van der Waals surface area contributed by atoms with Gasteiger partial charge in [0.05, 0.1) is 13.2 Å². The fourth-order valence-electron chi connectivity index (χ4n) is 6.04. The fraction of sp³-hybridized carbons (Fsp3) is 0.586. The Morgan fingerprint density at radius 1 is 0.769 bits per heavy atom. The SMILES string of the molecule is Cc1c(OC(F)(F)c2c(F)cc(C3OCC(C4CCC(CC5CCC5)CC4)CO3)cc2F)cc(F)c(F)c1F. The van der Waals surface area contributed by atoms with E-state index in [2.05, 4.69) is 4.74 Å². The van der Waals surface area contributed by atoms with Crippen LogP contribution in [0, 0.1) is 59.7 Å². The maximum absolute atomic E-state index is 14.8. The van der Waals surface area contributed by atoms with Gasteiger partial charge < -0.3 is 14.2 Å². The predicted molar refractivity (Wildman–Crippen MR) is 127 cm³/mol. The van der Waals surface area contributed by atoms with Crippen LogP contribution in [-0.2, 0) is 15.6 Å². The van der Waals surface area contributed by atoms with Gasteiger partial charge in [-0.1, -0.05) is 32.1 Å². The van der Waals surface area contributed by atoms with E-state index in [0.29, 0.717) is 31.3 Å². The van der Waals surface area contributed by atoms with Gasteiger partial charge in [0.15, 0.2) is 23.7 Å². The molecule has 0 unspecified atom stereocenters. The van der Waals surface area contributed by atoms with Crippen molar-refractivity contribution in [3.63, 3.8) is 0 Å². The van der Waals surface area contributed by atoms with E-state index in [1.54, 1.807) is 0 Å². The lowest BCUT2D eigenvalue weighted by Crippen LogP contribution is -2.34. The fourth-order valence-corrected chi connectivity index (χ4v) is 6.04. The first-order valence-electron chi connectivity index (χ1n) is 13.5. The second-order valence-electron chi connectivity index (χ2n) is 11.2. The first-order chi connectivity index (χ1) is 18.5. The van der Waals surface area contributed by atoms with E-state index in [1.165, 1.54) is 38.5 Å². The van der Waals surface area contributed by atoms with Crippen LogP contribution in [-0.4, -0.2) is 13.2 Å². The van der Waals surface area contributed by atoms with Crippen molar-refractivity contribution in [1.82, 2.24) is 0 Å². The van der Waals surface area contributed by atoms with E-state index in [1.807, 2.05) is 0 Å². The van der Waals surface area contributed by atoms with Crippen LogP contribution in [0.5, 0.6) is 5.75 Å². The summed E-state index contributed by atoms with van der Waals surface area (Å²) in [6.07, 6.45) is 4.14. The Balaban J connectivity index is 1.21. The van der Waals surface area contributed by atoms with Crippen LogP contribution >= 0.6 is 0 Å². The van der Waals surface area contributed by atoms with Gasteiger partial charge in [-0.25, -0.2) is 22.0 Å². The van der Waals surface area contributed by atoms with Crippen molar-refractivity contribution in [1.29, 1.82) is 0 Å². The van der Waals surface area contributed by atoms with Crippen LogP contribution in [0.2, 0.25) is 0 Å². The standard InChI is InChI=1S/C29H31F7O3/c1-15-24(12-23(32)27(34)26(15)33)39-29(35,36)25-21(30)10-19(11-22(25)31)28-37-13-20(14-38-28)18-7-5-17(6-8-18)9-16-3-2-4-16/h10-12,16-18,20,28H,2-9,13-14H2,1H3. The summed E-state index contributed by atoms with van der Waals surface area (Å²) in [5.74, 6) is -7.55. The normalized spacial score (nSPS) is 26.4. The van der Waals surface area contributed by atoms with Crippen molar-refractivity contribution in [2.45, 2.75) is 70.7 Å². The van der Waals surface area contributed by atoms with Gasteiger partial charge in [0.2, 0.25) is 0 Å². The number of hydrogen-bond acceptors (Lipinski definition) is 3. The lowest BCUT2D eigenvalue weighted by Gasteiger charge is -2.39. The highest BCUT2D eigenvalue weighted by atomic mass is 19.3. The molecule has 5 rings (SSSR count). The molecule has 0 N–H and O–H groups in total. The molecule has 3 aliphatic rings. The van der Waals surface area contributed by atoms with Gasteiger partial charge in [-0.05, 0) is 56.1 Å². The summed E-state index contributed by atoms with van der Waals surface area (Å²) in [6, 6.07) is 1.50. The Bertz CT molecular complexity index is 1160. The van der Waals surface area contributed by atoms with Crippen molar-refractivity contribution >= 4 is 0 Å². The number of hydrogen-bond donors (Lipinski definition) is 0. The van der Waals surface area contributed by atoms with Gasteiger partial charge in [0.1, 0.15) is 22.9 Å². The summed E-state index contributed by atoms with van der Waals surface area (Å²) >= 11 is 0. The summed E-state index contributed by atoms with van der Waals surface area (Å²) in [5.41, 5.74) is -2.66. The molecule has 3 fully saturated rings. The number of rotatable bonds is 7. The highest BCUT2D eigenvalue weighted by Crippen LogP contribution is 2.43. The summed E-state index contributed by atoms with van der Waals surface area (Å²) in [7, 11) is 0. The van der Waals surface area contributed by atoms with Crippen LogP contribution in [0.25, 0.3) is 0 Å². The molecule has 0 spiro atoms. The molecule has 0 atom stereocenters. The molecule has 39 heavy (non-hydrogen) atoms. The van der Waals surface area contributed by atoms with E-state index >= 15 is 0 Å². The Kier molecular flexibility index (Phi) is 8.15. The second-order valence-corrected chi connectivity index (χ2v) is 11.2. The highest BCUT2D eigenvalue weighted by Gasteiger charge is 2.43. The summed E-state index contributed by atoms with van der Waals surface area (Å²) < 4.78 is 115. The molecule has 2 saturated carbocycles. The third-order valence-corrected chi connectivity index (χ3v) is 8.60. The monoisotopic (exact) mass is 560 g/mol. The molecule has 2 aromatic carbocycles.